The van der Waals surface area contributed by atoms with Crippen LogP contribution < -0.4 is 9.47 Å². The minimum Gasteiger partial charge on any atom is -0.480 e. The zero-order valence-electron chi connectivity index (χ0n) is 14.7. The fourth-order valence-corrected chi connectivity index (χ4v) is 3.29. The van der Waals surface area contributed by atoms with Gasteiger partial charge in [-0.15, -0.1) is 0 Å². The molecule has 6 heteroatoms. The molecule has 0 spiro atoms. The fraction of sp³-hybridized carbons (Fsp3) is 0.300. The van der Waals surface area contributed by atoms with E-state index in [1.165, 1.54) is 11.9 Å². The van der Waals surface area contributed by atoms with Crippen LogP contribution in [0, 0.1) is 0 Å². The molecule has 0 saturated heterocycles. The Morgan fingerprint density at radius 3 is 2.85 bits per heavy atom. The molecule has 0 aliphatic heterocycles. The summed E-state index contributed by atoms with van der Waals surface area (Å²) >= 11 is 0. The van der Waals surface area contributed by atoms with Crippen molar-refractivity contribution in [3.05, 3.63) is 59.9 Å². The van der Waals surface area contributed by atoms with Crippen molar-refractivity contribution in [2.75, 3.05) is 7.11 Å². The van der Waals surface area contributed by atoms with Crippen LogP contribution in [0.15, 0.2) is 43.0 Å². The molecule has 0 aromatic carbocycles. The maximum atomic E-state index is 5.94. The topological polar surface area (TPSA) is 70.0 Å². The number of nitrogens with zero attached hydrogens (tertiary/aromatic N) is 4. The van der Waals surface area contributed by atoms with Crippen molar-refractivity contribution in [1.29, 1.82) is 0 Å². The molecule has 132 valence electrons. The fourth-order valence-electron chi connectivity index (χ4n) is 3.29. The summed E-state index contributed by atoms with van der Waals surface area (Å²) in [5, 5.41) is 0. The number of hydrogen-bond donors (Lipinski definition) is 0. The minimum atomic E-state index is 0.383. The molecule has 4 rings (SSSR count). The van der Waals surface area contributed by atoms with Gasteiger partial charge in [-0.1, -0.05) is 6.07 Å². The number of ether oxygens (including phenoxy) is 2. The summed E-state index contributed by atoms with van der Waals surface area (Å²) in [6.45, 7) is 0.383. The number of fused-ring (bicyclic) bond motifs is 1. The summed E-state index contributed by atoms with van der Waals surface area (Å²) in [7, 11) is 1.62. The summed E-state index contributed by atoms with van der Waals surface area (Å²) in [6.07, 6.45) is 9.30. The average molecular weight is 348 g/mol. The smallest absolute Gasteiger partial charge is 0.224 e. The van der Waals surface area contributed by atoms with Gasteiger partial charge in [-0.2, -0.15) is 0 Å². The van der Waals surface area contributed by atoms with Gasteiger partial charge in [0.25, 0.3) is 0 Å². The van der Waals surface area contributed by atoms with Gasteiger partial charge in [0.1, 0.15) is 12.9 Å². The highest BCUT2D eigenvalue weighted by atomic mass is 16.5. The van der Waals surface area contributed by atoms with Crippen molar-refractivity contribution in [2.24, 2.45) is 0 Å². The lowest BCUT2D eigenvalue weighted by Crippen LogP contribution is -2.10. The zero-order valence-corrected chi connectivity index (χ0v) is 14.7. The summed E-state index contributed by atoms with van der Waals surface area (Å²) in [5.41, 5.74) is 5.13. The first-order chi connectivity index (χ1) is 12.8. The van der Waals surface area contributed by atoms with Crippen molar-refractivity contribution < 1.29 is 9.47 Å². The van der Waals surface area contributed by atoms with Gasteiger partial charge in [-0.25, -0.2) is 15.0 Å². The van der Waals surface area contributed by atoms with Gasteiger partial charge in [0.15, 0.2) is 0 Å². The Balaban J connectivity index is 1.72. The summed E-state index contributed by atoms with van der Waals surface area (Å²) in [6, 6.07) is 7.74. The highest BCUT2D eigenvalue weighted by molar-refractivity contribution is 5.73. The third-order valence-corrected chi connectivity index (χ3v) is 4.53. The number of aromatic nitrogens is 4. The van der Waals surface area contributed by atoms with Gasteiger partial charge in [0.2, 0.25) is 11.8 Å². The monoisotopic (exact) mass is 348 g/mol. The van der Waals surface area contributed by atoms with Crippen molar-refractivity contribution in [3.63, 3.8) is 0 Å². The van der Waals surface area contributed by atoms with Gasteiger partial charge in [-0.05, 0) is 48.9 Å². The van der Waals surface area contributed by atoms with Crippen LogP contribution in [0.4, 0.5) is 0 Å². The highest BCUT2D eigenvalue weighted by Gasteiger charge is 2.20. The van der Waals surface area contributed by atoms with E-state index in [0.717, 1.165) is 48.2 Å². The average Bonchev–Trinajstić information content (AvgIpc) is 2.72. The lowest BCUT2D eigenvalue weighted by molar-refractivity contribution is 0.288. The summed E-state index contributed by atoms with van der Waals surface area (Å²) in [5.74, 6) is 1.16. The molecule has 3 aromatic rings. The Hall–Kier alpha value is -3.02. The van der Waals surface area contributed by atoms with Crippen LogP contribution in [0.25, 0.3) is 11.1 Å². The molecule has 0 atom stereocenters. The number of hydrogen-bond acceptors (Lipinski definition) is 6. The molecule has 3 heterocycles. The van der Waals surface area contributed by atoms with Crippen molar-refractivity contribution >= 4 is 0 Å². The second kappa shape index (κ2) is 7.47. The molecule has 0 amide bonds. The van der Waals surface area contributed by atoms with E-state index in [1.807, 2.05) is 24.3 Å². The summed E-state index contributed by atoms with van der Waals surface area (Å²) < 4.78 is 11.4. The number of methoxy groups -OCH3 is 1. The standard InChI is InChI=1S/C20H20N4O2/c1-25-20-17(11-21-13-23-20)16-10-19(24-18-8-3-2-7-15(16)18)26-12-14-6-4-5-9-22-14/h4-6,9-11,13H,2-3,7-8,12H2,1H3. The lowest BCUT2D eigenvalue weighted by atomic mass is 9.90. The van der Waals surface area contributed by atoms with E-state index in [9.17, 15) is 0 Å². The molecule has 1 aliphatic carbocycles. The molecule has 1 aliphatic rings. The zero-order chi connectivity index (χ0) is 17.8. The summed E-state index contributed by atoms with van der Waals surface area (Å²) in [4.78, 5) is 17.5. The second-order valence-electron chi connectivity index (χ2n) is 6.20. The molecule has 6 nitrogen and oxygen atoms in total. The van der Waals surface area contributed by atoms with Gasteiger partial charge in [-0.3, -0.25) is 4.98 Å². The third-order valence-electron chi connectivity index (χ3n) is 4.53. The molecule has 26 heavy (non-hydrogen) atoms. The Morgan fingerprint density at radius 2 is 2.00 bits per heavy atom. The SMILES string of the molecule is COc1ncncc1-c1cc(OCc2ccccn2)nc2c1CCCC2. The van der Waals surface area contributed by atoms with E-state index < -0.39 is 0 Å². The minimum absolute atomic E-state index is 0.383. The van der Waals surface area contributed by atoms with E-state index in [0.29, 0.717) is 18.4 Å². The number of pyridine rings is 2. The molecule has 0 radical (unpaired) electrons. The van der Waals surface area contributed by atoms with Crippen LogP contribution in [-0.2, 0) is 19.4 Å². The maximum absolute atomic E-state index is 5.94. The Bertz CT molecular complexity index is 900. The molecule has 3 aromatic heterocycles. The van der Waals surface area contributed by atoms with Crippen LogP contribution in [0.1, 0.15) is 29.8 Å². The Kier molecular flexibility index (Phi) is 4.73. The van der Waals surface area contributed by atoms with E-state index in [4.69, 9.17) is 14.5 Å². The quantitative estimate of drug-likeness (QED) is 0.704. The first-order valence-corrected chi connectivity index (χ1v) is 8.75. The van der Waals surface area contributed by atoms with E-state index in [1.54, 1.807) is 19.5 Å². The highest BCUT2D eigenvalue weighted by Crippen LogP contribution is 2.36. The van der Waals surface area contributed by atoms with Crippen LogP contribution in [0.2, 0.25) is 0 Å². The van der Waals surface area contributed by atoms with Crippen molar-refractivity contribution in [1.82, 2.24) is 19.9 Å². The van der Waals surface area contributed by atoms with E-state index in [-0.39, 0.29) is 0 Å². The molecule has 0 bridgehead atoms. The van der Waals surface area contributed by atoms with Crippen molar-refractivity contribution in [2.45, 2.75) is 32.3 Å². The second-order valence-corrected chi connectivity index (χ2v) is 6.20. The molecule has 0 saturated carbocycles. The Morgan fingerprint density at radius 1 is 1.08 bits per heavy atom. The maximum Gasteiger partial charge on any atom is 0.224 e. The van der Waals surface area contributed by atoms with Crippen LogP contribution in [0.3, 0.4) is 0 Å². The molecule has 0 unspecified atom stereocenters. The molecular formula is C20H20N4O2. The predicted molar refractivity (Wildman–Crippen MR) is 97.0 cm³/mol. The molecule has 0 fully saturated rings. The van der Waals surface area contributed by atoms with Gasteiger partial charge in [0.05, 0.1) is 18.4 Å². The normalized spacial score (nSPS) is 13.1. The van der Waals surface area contributed by atoms with E-state index in [2.05, 4.69) is 15.0 Å². The predicted octanol–water partition coefficient (Wildman–Crippen LogP) is 3.40. The van der Waals surface area contributed by atoms with Crippen LogP contribution >= 0.6 is 0 Å². The van der Waals surface area contributed by atoms with Crippen LogP contribution in [-0.4, -0.2) is 27.0 Å². The van der Waals surface area contributed by atoms with Crippen LogP contribution in [0.5, 0.6) is 11.8 Å². The van der Waals surface area contributed by atoms with Gasteiger partial charge >= 0.3 is 0 Å². The third kappa shape index (κ3) is 3.35. The lowest BCUT2D eigenvalue weighted by Gasteiger charge is -2.20. The number of rotatable bonds is 5. The van der Waals surface area contributed by atoms with E-state index >= 15 is 0 Å². The Labute approximate surface area is 152 Å². The number of aryl methyl sites for hydroxylation is 1. The molecule has 0 N–H and O–H groups in total. The first kappa shape index (κ1) is 16.4. The van der Waals surface area contributed by atoms with Gasteiger partial charge < -0.3 is 9.47 Å². The van der Waals surface area contributed by atoms with Gasteiger partial charge in [0, 0.05) is 24.2 Å². The molecular weight excluding hydrogens is 328 g/mol. The van der Waals surface area contributed by atoms with Crippen molar-refractivity contribution in [3.8, 4) is 22.9 Å². The first-order valence-electron chi connectivity index (χ1n) is 8.75. The largest absolute Gasteiger partial charge is 0.480 e.